The van der Waals surface area contributed by atoms with E-state index >= 15 is 0 Å². The van der Waals surface area contributed by atoms with Crippen LogP contribution in [0.15, 0.2) is 41.8 Å². The predicted octanol–water partition coefficient (Wildman–Crippen LogP) is 3.71. The van der Waals surface area contributed by atoms with E-state index in [-0.39, 0.29) is 0 Å². The van der Waals surface area contributed by atoms with Gasteiger partial charge in [-0.3, -0.25) is 4.99 Å². The van der Waals surface area contributed by atoms with Gasteiger partial charge in [-0.25, -0.2) is 4.98 Å². The zero-order chi connectivity index (χ0) is 14.1. The number of hydrogen-bond acceptors (Lipinski definition) is 2. The number of aromatic nitrogens is 2. The molecule has 2 bridgehead atoms. The summed E-state index contributed by atoms with van der Waals surface area (Å²) in [5.74, 6) is 1.79. The van der Waals surface area contributed by atoms with E-state index in [1.165, 1.54) is 25.7 Å². The smallest absolute Gasteiger partial charge is 0.0924 e. The van der Waals surface area contributed by atoms with E-state index in [2.05, 4.69) is 39.6 Å². The molecule has 4 nitrogen and oxygen atoms in total. The quantitative estimate of drug-likeness (QED) is 0.662. The largest absolute Gasteiger partial charge is 0.347 e. The molecule has 2 aliphatic rings. The lowest BCUT2D eigenvalue weighted by Gasteiger charge is -2.16. The van der Waals surface area contributed by atoms with Gasteiger partial charge < -0.3 is 10.3 Å². The highest BCUT2D eigenvalue weighted by Crippen LogP contribution is 2.45. The minimum Gasteiger partial charge on any atom is -0.347 e. The Hall–Kier alpha value is -2.10. The van der Waals surface area contributed by atoms with Gasteiger partial charge in [0.05, 0.1) is 30.6 Å². The molecule has 1 heterocycles. The predicted molar refractivity (Wildman–Crippen MR) is 85.4 cm³/mol. The van der Waals surface area contributed by atoms with Gasteiger partial charge in [-0.1, -0.05) is 18.6 Å². The molecule has 0 spiro atoms. The van der Waals surface area contributed by atoms with Crippen LogP contribution in [-0.2, 0) is 0 Å². The summed E-state index contributed by atoms with van der Waals surface area (Å²) in [6.07, 6.45) is 10.9. The van der Waals surface area contributed by atoms with Crippen LogP contribution in [0.5, 0.6) is 0 Å². The fraction of sp³-hybridized carbons (Fsp3) is 0.412. The number of aromatic amines is 1. The van der Waals surface area contributed by atoms with Crippen molar-refractivity contribution in [2.75, 3.05) is 5.32 Å². The fourth-order valence-electron chi connectivity index (χ4n) is 3.76. The number of fused-ring (bicyclic) bond motifs is 2. The normalized spacial score (nSPS) is 27.5. The monoisotopic (exact) mass is 280 g/mol. The van der Waals surface area contributed by atoms with Crippen molar-refractivity contribution in [1.29, 1.82) is 0 Å². The maximum absolute atomic E-state index is 4.72. The third-order valence-electron chi connectivity index (χ3n) is 4.89. The van der Waals surface area contributed by atoms with Gasteiger partial charge in [-0.05, 0) is 48.8 Å². The maximum Gasteiger partial charge on any atom is 0.0924 e. The van der Waals surface area contributed by atoms with Crippen LogP contribution in [0.2, 0.25) is 0 Å². The summed E-state index contributed by atoms with van der Waals surface area (Å²) < 4.78 is 0. The first-order valence-corrected chi connectivity index (χ1v) is 7.75. The van der Waals surface area contributed by atoms with Gasteiger partial charge in [0.25, 0.3) is 0 Å². The van der Waals surface area contributed by atoms with Crippen LogP contribution in [0.1, 0.15) is 25.7 Å². The molecule has 1 aromatic heterocycles. The van der Waals surface area contributed by atoms with Gasteiger partial charge in [0.15, 0.2) is 0 Å². The van der Waals surface area contributed by atoms with E-state index in [0.717, 1.165) is 28.8 Å². The van der Waals surface area contributed by atoms with Crippen LogP contribution < -0.4 is 5.32 Å². The molecule has 2 saturated carbocycles. The highest BCUT2D eigenvalue weighted by atomic mass is 15.0. The number of aliphatic imine (C=N–C) groups is 1. The lowest BCUT2D eigenvalue weighted by molar-refractivity contribution is 0.421. The van der Waals surface area contributed by atoms with Crippen LogP contribution in [0.3, 0.4) is 0 Å². The summed E-state index contributed by atoms with van der Waals surface area (Å²) in [5, 5.41) is 3.29. The number of imidazole rings is 1. The minimum absolute atomic E-state index is 0.556. The zero-order valence-corrected chi connectivity index (χ0v) is 12.0. The molecule has 4 rings (SSSR count). The van der Waals surface area contributed by atoms with Crippen LogP contribution in [0, 0.1) is 11.8 Å². The maximum atomic E-state index is 4.72. The minimum atomic E-state index is 0.556. The third-order valence-corrected chi connectivity index (χ3v) is 4.89. The molecule has 108 valence electrons. The molecule has 0 amide bonds. The Morgan fingerprint density at radius 3 is 2.76 bits per heavy atom. The summed E-state index contributed by atoms with van der Waals surface area (Å²) in [6.45, 7) is 0. The summed E-state index contributed by atoms with van der Waals surface area (Å²) in [5.41, 5.74) is 3.26. The van der Waals surface area contributed by atoms with Crippen molar-refractivity contribution < 1.29 is 0 Å². The number of nitrogens with zero attached hydrogens (tertiary/aromatic N) is 2. The number of rotatable bonds is 4. The van der Waals surface area contributed by atoms with Gasteiger partial charge in [0, 0.05) is 5.69 Å². The first kappa shape index (κ1) is 12.6. The molecule has 21 heavy (non-hydrogen) atoms. The number of nitrogens with one attached hydrogen (secondary N) is 2. The highest BCUT2D eigenvalue weighted by Gasteiger charge is 2.38. The molecule has 0 radical (unpaired) electrons. The van der Waals surface area contributed by atoms with E-state index in [1.54, 1.807) is 6.33 Å². The topological polar surface area (TPSA) is 53.1 Å². The second-order valence-electron chi connectivity index (χ2n) is 6.21. The zero-order valence-electron chi connectivity index (χ0n) is 12.0. The lowest BCUT2D eigenvalue weighted by Crippen LogP contribution is -2.15. The number of H-pyrrole nitrogens is 1. The van der Waals surface area contributed by atoms with Gasteiger partial charge >= 0.3 is 0 Å². The highest BCUT2D eigenvalue weighted by molar-refractivity contribution is 5.76. The molecule has 3 unspecified atom stereocenters. The van der Waals surface area contributed by atoms with Crippen LogP contribution in [0.4, 0.5) is 5.69 Å². The first-order chi connectivity index (χ1) is 10.4. The first-order valence-electron chi connectivity index (χ1n) is 7.75. The SMILES string of the molecule is C(=NC1CC2CCC1C2)Nc1ccc(-c2cnc[nH]2)cc1. The summed E-state index contributed by atoms with van der Waals surface area (Å²) in [4.78, 5) is 11.9. The molecular formula is C17H20N4. The van der Waals surface area contributed by atoms with Crippen molar-refractivity contribution in [1.82, 2.24) is 9.97 Å². The molecular weight excluding hydrogens is 260 g/mol. The van der Waals surface area contributed by atoms with Gasteiger partial charge in [0.2, 0.25) is 0 Å². The molecule has 3 atom stereocenters. The fourth-order valence-corrected chi connectivity index (χ4v) is 3.76. The van der Waals surface area contributed by atoms with Gasteiger partial charge in [-0.2, -0.15) is 0 Å². The number of anilines is 1. The average molecular weight is 280 g/mol. The van der Waals surface area contributed by atoms with Crippen molar-refractivity contribution in [3.63, 3.8) is 0 Å². The Bertz CT molecular complexity index is 615. The molecule has 2 aliphatic carbocycles. The summed E-state index contributed by atoms with van der Waals surface area (Å²) >= 11 is 0. The summed E-state index contributed by atoms with van der Waals surface area (Å²) in [6, 6.07) is 8.87. The van der Waals surface area contributed by atoms with E-state index < -0.39 is 0 Å². The Labute approximate surface area is 124 Å². The van der Waals surface area contributed by atoms with Gasteiger partial charge in [-0.15, -0.1) is 0 Å². The Kier molecular flexibility index (Phi) is 3.22. The van der Waals surface area contributed by atoms with Crippen LogP contribution in [-0.4, -0.2) is 22.3 Å². The van der Waals surface area contributed by atoms with E-state index in [0.29, 0.717) is 6.04 Å². The van der Waals surface area contributed by atoms with E-state index in [9.17, 15) is 0 Å². The summed E-state index contributed by atoms with van der Waals surface area (Å²) in [7, 11) is 0. The van der Waals surface area contributed by atoms with Crippen molar-refractivity contribution in [3.05, 3.63) is 36.8 Å². The van der Waals surface area contributed by atoms with E-state index in [4.69, 9.17) is 4.99 Å². The van der Waals surface area contributed by atoms with Crippen molar-refractivity contribution in [2.45, 2.75) is 31.7 Å². The van der Waals surface area contributed by atoms with Crippen molar-refractivity contribution in [3.8, 4) is 11.3 Å². The second-order valence-corrected chi connectivity index (χ2v) is 6.21. The third kappa shape index (κ3) is 2.58. The molecule has 0 saturated heterocycles. The molecule has 2 aromatic rings. The van der Waals surface area contributed by atoms with Crippen LogP contribution in [0.25, 0.3) is 11.3 Å². The molecule has 2 fully saturated rings. The molecule has 2 N–H and O–H groups in total. The Morgan fingerprint density at radius 1 is 1.19 bits per heavy atom. The van der Waals surface area contributed by atoms with Crippen LogP contribution >= 0.6 is 0 Å². The number of hydrogen-bond donors (Lipinski definition) is 2. The lowest BCUT2D eigenvalue weighted by atomic mass is 9.96. The molecule has 0 aliphatic heterocycles. The molecule has 4 heteroatoms. The average Bonchev–Trinajstić information content (AvgIpc) is 3.26. The Balaban J connectivity index is 1.37. The van der Waals surface area contributed by atoms with E-state index in [1.807, 2.05) is 12.5 Å². The van der Waals surface area contributed by atoms with Gasteiger partial charge in [0.1, 0.15) is 0 Å². The standard InChI is InChI=1S/C17H20N4/c1-2-14-7-12(1)8-16(14)21-11-19-15-5-3-13(4-6-15)17-9-18-10-20-17/h3-6,9-12,14,16H,1-2,7-8H2,(H,18,20)(H,19,21). The molecule has 1 aromatic carbocycles. The van der Waals surface area contributed by atoms with Crippen molar-refractivity contribution in [2.24, 2.45) is 16.8 Å². The van der Waals surface area contributed by atoms with Crippen molar-refractivity contribution >= 4 is 12.0 Å². The number of benzene rings is 1. The second kappa shape index (κ2) is 5.35. The Morgan fingerprint density at radius 2 is 2.10 bits per heavy atom.